The molecule has 3 nitrogen and oxygen atoms in total. The van der Waals surface area contributed by atoms with E-state index in [4.69, 9.17) is 23.8 Å². The number of aromatic hydroxyl groups is 1. The first-order valence-electron chi connectivity index (χ1n) is 6.09. The molecule has 0 aliphatic rings. The average molecular weight is 307 g/mol. The summed E-state index contributed by atoms with van der Waals surface area (Å²) in [4.78, 5) is 0. The van der Waals surface area contributed by atoms with Gasteiger partial charge in [0.05, 0.1) is 5.69 Å². The Morgan fingerprint density at radius 3 is 2.50 bits per heavy atom. The van der Waals surface area contributed by atoms with Crippen molar-refractivity contribution in [2.45, 2.75) is 13.8 Å². The largest absolute Gasteiger partial charge is 0.506 e. The van der Waals surface area contributed by atoms with Crippen LogP contribution in [0.4, 0.5) is 11.4 Å². The van der Waals surface area contributed by atoms with E-state index >= 15 is 0 Å². The second-order valence-corrected chi connectivity index (χ2v) is 5.38. The second kappa shape index (κ2) is 6.11. The van der Waals surface area contributed by atoms with Crippen molar-refractivity contribution in [2.75, 3.05) is 10.6 Å². The molecule has 5 heteroatoms. The monoisotopic (exact) mass is 306 g/mol. The van der Waals surface area contributed by atoms with Gasteiger partial charge in [-0.2, -0.15) is 0 Å². The molecule has 0 atom stereocenters. The van der Waals surface area contributed by atoms with Crippen molar-refractivity contribution in [3.63, 3.8) is 0 Å². The topological polar surface area (TPSA) is 44.3 Å². The van der Waals surface area contributed by atoms with Gasteiger partial charge >= 0.3 is 0 Å². The van der Waals surface area contributed by atoms with Gasteiger partial charge in [-0.1, -0.05) is 23.7 Å². The van der Waals surface area contributed by atoms with Crippen LogP contribution in [0.2, 0.25) is 5.02 Å². The van der Waals surface area contributed by atoms with Gasteiger partial charge in [-0.3, -0.25) is 0 Å². The molecule has 2 aromatic carbocycles. The Morgan fingerprint density at radius 1 is 1.10 bits per heavy atom. The number of benzene rings is 2. The number of hydrogen-bond acceptors (Lipinski definition) is 2. The van der Waals surface area contributed by atoms with Gasteiger partial charge in [0.25, 0.3) is 0 Å². The molecule has 2 aromatic rings. The first kappa shape index (κ1) is 14.6. The van der Waals surface area contributed by atoms with Gasteiger partial charge in [0.15, 0.2) is 5.11 Å². The molecule has 0 bridgehead atoms. The zero-order chi connectivity index (χ0) is 14.7. The third-order valence-corrected chi connectivity index (χ3v) is 3.44. The molecule has 0 fully saturated rings. The number of phenols is 1. The standard InChI is InChI=1S/C15H15ClN2OS/c1-9-3-6-13(14(19)7-9)18-15(20)17-11-5-4-10(2)12(16)8-11/h3-8,19H,1-2H3,(H2,17,18,20). The van der Waals surface area contributed by atoms with Crippen molar-refractivity contribution in [3.8, 4) is 5.75 Å². The van der Waals surface area contributed by atoms with E-state index in [2.05, 4.69) is 10.6 Å². The molecule has 0 aromatic heterocycles. The van der Waals surface area contributed by atoms with Crippen LogP contribution >= 0.6 is 23.8 Å². The zero-order valence-corrected chi connectivity index (χ0v) is 12.8. The molecule has 2 rings (SSSR count). The average Bonchev–Trinajstić information content (AvgIpc) is 2.37. The molecule has 20 heavy (non-hydrogen) atoms. The molecule has 0 heterocycles. The molecule has 0 saturated carbocycles. The van der Waals surface area contributed by atoms with Crippen molar-refractivity contribution >= 4 is 40.3 Å². The number of aryl methyl sites for hydroxylation is 2. The Kier molecular flexibility index (Phi) is 4.47. The van der Waals surface area contributed by atoms with Crippen LogP contribution in [0, 0.1) is 13.8 Å². The van der Waals surface area contributed by atoms with Crippen molar-refractivity contribution in [3.05, 3.63) is 52.5 Å². The predicted octanol–water partition coefficient (Wildman–Crippen LogP) is 4.47. The van der Waals surface area contributed by atoms with Crippen LogP contribution in [0.3, 0.4) is 0 Å². The molecule has 0 unspecified atom stereocenters. The summed E-state index contributed by atoms with van der Waals surface area (Å²) in [6.45, 7) is 3.85. The molecule has 0 saturated heterocycles. The Morgan fingerprint density at radius 2 is 1.85 bits per heavy atom. The highest BCUT2D eigenvalue weighted by atomic mass is 35.5. The summed E-state index contributed by atoms with van der Waals surface area (Å²) in [7, 11) is 0. The maximum atomic E-state index is 9.82. The van der Waals surface area contributed by atoms with Crippen LogP contribution in [0.5, 0.6) is 5.75 Å². The highest BCUT2D eigenvalue weighted by Crippen LogP contribution is 2.24. The van der Waals surface area contributed by atoms with Gasteiger partial charge in [-0.05, 0) is 61.5 Å². The van der Waals surface area contributed by atoms with Gasteiger partial charge in [-0.25, -0.2) is 0 Å². The van der Waals surface area contributed by atoms with E-state index in [9.17, 15) is 5.11 Å². The number of phenolic OH excluding ortho intramolecular Hbond substituents is 1. The minimum absolute atomic E-state index is 0.163. The fourth-order valence-corrected chi connectivity index (χ4v) is 2.11. The van der Waals surface area contributed by atoms with E-state index < -0.39 is 0 Å². The van der Waals surface area contributed by atoms with Crippen LogP contribution in [-0.2, 0) is 0 Å². The number of nitrogens with one attached hydrogen (secondary N) is 2. The van der Waals surface area contributed by atoms with Crippen LogP contribution in [0.25, 0.3) is 0 Å². The summed E-state index contributed by atoms with van der Waals surface area (Å²) >= 11 is 11.3. The van der Waals surface area contributed by atoms with Gasteiger partial charge in [0, 0.05) is 10.7 Å². The highest BCUT2D eigenvalue weighted by Gasteiger charge is 2.05. The van der Waals surface area contributed by atoms with Crippen LogP contribution in [-0.4, -0.2) is 10.2 Å². The summed E-state index contributed by atoms with van der Waals surface area (Å²) < 4.78 is 0. The highest BCUT2D eigenvalue weighted by molar-refractivity contribution is 7.80. The third-order valence-electron chi connectivity index (χ3n) is 2.83. The number of thiocarbonyl (C=S) groups is 1. The third kappa shape index (κ3) is 3.62. The lowest BCUT2D eigenvalue weighted by atomic mass is 10.2. The molecule has 0 aliphatic heterocycles. The molecule has 3 N–H and O–H groups in total. The Hall–Kier alpha value is -1.78. The summed E-state index contributed by atoms with van der Waals surface area (Å²) in [5.74, 6) is 0.163. The van der Waals surface area contributed by atoms with Gasteiger partial charge < -0.3 is 15.7 Å². The minimum Gasteiger partial charge on any atom is -0.506 e. The van der Waals surface area contributed by atoms with Crippen molar-refractivity contribution in [1.82, 2.24) is 0 Å². The van der Waals surface area contributed by atoms with E-state index in [0.717, 1.165) is 16.8 Å². The van der Waals surface area contributed by atoms with E-state index in [1.54, 1.807) is 18.2 Å². The fraction of sp³-hybridized carbons (Fsp3) is 0.133. The molecule has 0 aliphatic carbocycles. The normalized spacial score (nSPS) is 10.2. The lowest BCUT2D eigenvalue weighted by molar-refractivity contribution is 0.477. The quantitative estimate of drug-likeness (QED) is 0.566. The van der Waals surface area contributed by atoms with Crippen LogP contribution in [0.15, 0.2) is 36.4 Å². The number of hydrogen-bond donors (Lipinski definition) is 3. The molecule has 0 amide bonds. The van der Waals surface area contributed by atoms with Crippen LogP contribution in [0.1, 0.15) is 11.1 Å². The minimum atomic E-state index is 0.163. The van der Waals surface area contributed by atoms with Crippen molar-refractivity contribution in [1.29, 1.82) is 0 Å². The van der Waals surface area contributed by atoms with E-state index in [1.165, 1.54) is 0 Å². The van der Waals surface area contributed by atoms with E-state index in [1.807, 2.05) is 32.0 Å². The van der Waals surface area contributed by atoms with Crippen molar-refractivity contribution in [2.24, 2.45) is 0 Å². The summed E-state index contributed by atoms with van der Waals surface area (Å²) in [6.07, 6.45) is 0. The molecule has 104 valence electrons. The zero-order valence-electron chi connectivity index (χ0n) is 11.2. The fourth-order valence-electron chi connectivity index (χ4n) is 1.70. The first-order valence-corrected chi connectivity index (χ1v) is 6.88. The van der Waals surface area contributed by atoms with Gasteiger partial charge in [0.2, 0.25) is 0 Å². The predicted molar refractivity (Wildman–Crippen MR) is 88.9 cm³/mol. The SMILES string of the molecule is Cc1ccc(NC(=S)Nc2ccc(C)c(Cl)c2)c(O)c1. The second-order valence-electron chi connectivity index (χ2n) is 4.56. The van der Waals surface area contributed by atoms with Gasteiger partial charge in [-0.15, -0.1) is 0 Å². The smallest absolute Gasteiger partial charge is 0.175 e. The lowest BCUT2D eigenvalue weighted by Crippen LogP contribution is -2.19. The van der Waals surface area contributed by atoms with E-state index in [0.29, 0.717) is 15.8 Å². The number of halogens is 1. The summed E-state index contributed by atoms with van der Waals surface area (Å²) in [6, 6.07) is 11.0. The Balaban J connectivity index is 2.07. The summed E-state index contributed by atoms with van der Waals surface area (Å²) in [5, 5.41) is 16.9. The maximum absolute atomic E-state index is 9.82. The van der Waals surface area contributed by atoms with Gasteiger partial charge in [0.1, 0.15) is 5.75 Å². The van der Waals surface area contributed by atoms with Crippen LogP contribution < -0.4 is 10.6 Å². The first-order chi connectivity index (χ1) is 9.45. The summed E-state index contributed by atoms with van der Waals surface area (Å²) in [5.41, 5.74) is 3.35. The lowest BCUT2D eigenvalue weighted by Gasteiger charge is -2.12. The maximum Gasteiger partial charge on any atom is 0.175 e. The molecule has 0 radical (unpaired) electrons. The number of anilines is 2. The molecule has 0 spiro atoms. The number of rotatable bonds is 2. The Labute approximate surface area is 128 Å². The van der Waals surface area contributed by atoms with Crippen molar-refractivity contribution < 1.29 is 5.11 Å². The Bertz CT molecular complexity index is 658. The molecular weight excluding hydrogens is 292 g/mol. The van der Waals surface area contributed by atoms with E-state index in [-0.39, 0.29) is 5.75 Å². The molecular formula is C15H15ClN2OS.